The minimum atomic E-state index is -0.192. The molecule has 0 radical (unpaired) electrons. The number of hydrogen-bond acceptors (Lipinski definition) is 7. The molecule has 2 aromatic rings. The zero-order valence-electron chi connectivity index (χ0n) is 17.7. The Hall–Kier alpha value is -2.80. The molecule has 6 nitrogen and oxygen atoms in total. The average Bonchev–Trinajstić information content (AvgIpc) is 2.79. The summed E-state index contributed by atoms with van der Waals surface area (Å²) in [4.78, 5) is 14.1. The number of benzene rings is 2. The van der Waals surface area contributed by atoms with Crippen molar-refractivity contribution in [2.24, 2.45) is 0 Å². The molecule has 0 aromatic heterocycles. The Bertz CT molecular complexity index is 913. The summed E-state index contributed by atoms with van der Waals surface area (Å²) in [6.45, 7) is 3.19. The summed E-state index contributed by atoms with van der Waals surface area (Å²) >= 11 is 1.70. The number of allylic oxidation sites excluding steroid dienone is 1. The van der Waals surface area contributed by atoms with Gasteiger partial charge in [-0.05, 0) is 30.7 Å². The van der Waals surface area contributed by atoms with Crippen LogP contribution in [0, 0.1) is 0 Å². The number of ketones is 1. The molecule has 0 atom stereocenters. The van der Waals surface area contributed by atoms with Crippen LogP contribution in [0.25, 0.3) is 6.08 Å². The van der Waals surface area contributed by atoms with E-state index >= 15 is 0 Å². The number of rotatable bonds is 9. The highest BCUT2D eigenvalue weighted by Gasteiger charge is 2.20. The van der Waals surface area contributed by atoms with E-state index in [4.69, 9.17) is 23.7 Å². The first-order valence-corrected chi connectivity index (χ1v) is 10.7. The first-order valence-electron chi connectivity index (χ1n) is 9.70. The van der Waals surface area contributed by atoms with Crippen molar-refractivity contribution in [2.75, 3.05) is 40.3 Å². The fraction of sp³-hybridized carbons (Fsp3) is 0.348. The van der Waals surface area contributed by atoms with Gasteiger partial charge >= 0.3 is 0 Å². The number of carbonyl (C=O) groups excluding carboxylic acids is 1. The van der Waals surface area contributed by atoms with E-state index in [0.29, 0.717) is 53.1 Å². The van der Waals surface area contributed by atoms with Gasteiger partial charge in [0.05, 0.1) is 50.6 Å². The minimum absolute atomic E-state index is 0.192. The molecule has 0 saturated carbocycles. The Labute approximate surface area is 181 Å². The highest BCUT2D eigenvalue weighted by Crippen LogP contribution is 2.39. The summed E-state index contributed by atoms with van der Waals surface area (Å²) in [6.07, 6.45) is 4.02. The molecule has 0 amide bonds. The van der Waals surface area contributed by atoms with Gasteiger partial charge in [-0.1, -0.05) is 6.92 Å². The van der Waals surface area contributed by atoms with Crippen LogP contribution < -0.4 is 23.7 Å². The largest absolute Gasteiger partial charge is 0.496 e. The third kappa shape index (κ3) is 4.84. The van der Waals surface area contributed by atoms with Gasteiger partial charge < -0.3 is 23.7 Å². The second-order valence-electron chi connectivity index (χ2n) is 6.48. The average molecular weight is 431 g/mol. The van der Waals surface area contributed by atoms with Gasteiger partial charge in [-0.3, -0.25) is 4.79 Å². The van der Waals surface area contributed by atoms with Gasteiger partial charge in [0.15, 0.2) is 5.78 Å². The maximum absolute atomic E-state index is 13.1. The molecular formula is C23H26O6S. The van der Waals surface area contributed by atoms with Crippen molar-refractivity contribution in [1.82, 2.24) is 0 Å². The lowest BCUT2D eigenvalue weighted by Gasteiger charge is -2.19. The number of methoxy groups -OCH3 is 3. The molecule has 0 fully saturated rings. The standard InChI is InChI=1S/C23H26O6S/c1-5-8-28-21-14-23-22(29-9-10-30-23)13-17(21)18(24)7-6-16-19(26-3)11-15(25-2)12-20(16)27-4/h6-7,11-14H,5,8-10H2,1-4H3. The molecule has 1 heterocycles. The maximum atomic E-state index is 13.1. The Morgan fingerprint density at radius 2 is 1.80 bits per heavy atom. The molecule has 7 heteroatoms. The van der Waals surface area contributed by atoms with Crippen molar-refractivity contribution in [3.8, 4) is 28.7 Å². The van der Waals surface area contributed by atoms with E-state index in [9.17, 15) is 4.79 Å². The first kappa shape index (κ1) is 21.9. The number of carbonyl (C=O) groups is 1. The van der Waals surface area contributed by atoms with Gasteiger partial charge in [-0.25, -0.2) is 0 Å². The van der Waals surface area contributed by atoms with E-state index in [1.165, 1.54) is 6.08 Å². The number of fused-ring (bicyclic) bond motifs is 1. The van der Waals surface area contributed by atoms with Gasteiger partial charge in [0.1, 0.15) is 28.7 Å². The van der Waals surface area contributed by atoms with Crippen LogP contribution in [-0.4, -0.2) is 46.1 Å². The molecule has 0 spiro atoms. The molecule has 2 aromatic carbocycles. The molecule has 30 heavy (non-hydrogen) atoms. The Balaban J connectivity index is 1.96. The fourth-order valence-electron chi connectivity index (χ4n) is 3.04. The van der Waals surface area contributed by atoms with Gasteiger partial charge in [0.2, 0.25) is 0 Å². The molecule has 0 unspecified atom stereocenters. The van der Waals surface area contributed by atoms with Crippen LogP contribution in [0.1, 0.15) is 29.3 Å². The van der Waals surface area contributed by atoms with Gasteiger partial charge in [-0.15, -0.1) is 11.8 Å². The Kier molecular flexibility index (Phi) is 7.52. The van der Waals surface area contributed by atoms with Crippen LogP contribution in [0.15, 0.2) is 35.2 Å². The van der Waals surface area contributed by atoms with E-state index in [0.717, 1.165) is 17.1 Å². The smallest absolute Gasteiger partial charge is 0.189 e. The molecule has 160 valence electrons. The van der Waals surface area contributed by atoms with Crippen molar-refractivity contribution in [3.05, 3.63) is 41.5 Å². The Morgan fingerprint density at radius 1 is 1.07 bits per heavy atom. The molecule has 0 N–H and O–H groups in total. The molecular weight excluding hydrogens is 404 g/mol. The fourth-order valence-corrected chi connectivity index (χ4v) is 3.88. The lowest BCUT2D eigenvalue weighted by molar-refractivity contribution is 0.104. The third-order valence-electron chi connectivity index (χ3n) is 4.53. The van der Waals surface area contributed by atoms with Crippen LogP contribution in [0.5, 0.6) is 28.7 Å². The molecule has 0 aliphatic carbocycles. The monoisotopic (exact) mass is 430 g/mol. The van der Waals surface area contributed by atoms with E-state index < -0.39 is 0 Å². The van der Waals surface area contributed by atoms with Crippen molar-refractivity contribution in [3.63, 3.8) is 0 Å². The summed E-state index contributed by atoms with van der Waals surface area (Å²) in [7, 11) is 4.69. The van der Waals surface area contributed by atoms with Crippen LogP contribution in [-0.2, 0) is 0 Å². The lowest BCUT2D eigenvalue weighted by Crippen LogP contribution is -2.10. The highest BCUT2D eigenvalue weighted by molar-refractivity contribution is 7.99. The second-order valence-corrected chi connectivity index (χ2v) is 7.62. The van der Waals surface area contributed by atoms with Gasteiger partial charge in [0.25, 0.3) is 0 Å². The van der Waals surface area contributed by atoms with Crippen molar-refractivity contribution in [2.45, 2.75) is 18.2 Å². The van der Waals surface area contributed by atoms with Gasteiger partial charge in [0, 0.05) is 17.9 Å². The van der Waals surface area contributed by atoms with Crippen molar-refractivity contribution >= 4 is 23.6 Å². The first-order chi connectivity index (χ1) is 14.6. The van der Waals surface area contributed by atoms with Crippen molar-refractivity contribution in [1.29, 1.82) is 0 Å². The van der Waals surface area contributed by atoms with Crippen LogP contribution >= 0.6 is 11.8 Å². The predicted molar refractivity (Wildman–Crippen MR) is 118 cm³/mol. The lowest BCUT2D eigenvalue weighted by atomic mass is 10.1. The summed E-state index contributed by atoms with van der Waals surface area (Å²) in [5, 5.41) is 0. The zero-order valence-corrected chi connectivity index (χ0v) is 18.5. The van der Waals surface area contributed by atoms with Crippen LogP contribution in [0.3, 0.4) is 0 Å². The van der Waals surface area contributed by atoms with Crippen LogP contribution in [0.2, 0.25) is 0 Å². The van der Waals surface area contributed by atoms with Crippen LogP contribution in [0.4, 0.5) is 0 Å². The molecule has 1 aliphatic rings. The maximum Gasteiger partial charge on any atom is 0.189 e. The molecule has 0 saturated heterocycles. The highest BCUT2D eigenvalue weighted by atomic mass is 32.2. The third-order valence-corrected chi connectivity index (χ3v) is 5.53. The summed E-state index contributed by atoms with van der Waals surface area (Å²) < 4.78 is 27.8. The summed E-state index contributed by atoms with van der Waals surface area (Å²) in [5.74, 6) is 3.66. The predicted octanol–water partition coefficient (Wildman–Crippen LogP) is 4.88. The number of hydrogen-bond donors (Lipinski definition) is 0. The van der Waals surface area contributed by atoms with E-state index in [2.05, 4.69) is 0 Å². The SMILES string of the molecule is CCCOc1cc2c(cc1C(=O)C=Cc1c(OC)cc(OC)cc1OC)OCCS2. The van der Waals surface area contributed by atoms with E-state index in [1.807, 2.05) is 13.0 Å². The second kappa shape index (κ2) is 10.3. The zero-order chi connectivity index (χ0) is 21.5. The van der Waals surface area contributed by atoms with Crippen molar-refractivity contribution < 1.29 is 28.5 Å². The van der Waals surface area contributed by atoms with E-state index in [1.54, 1.807) is 57.4 Å². The summed E-state index contributed by atoms with van der Waals surface area (Å²) in [5.41, 5.74) is 1.11. The minimum Gasteiger partial charge on any atom is -0.496 e. The molecule has 3 rings (SSSR count). The number of ether oxygens (including phenoxy) is 5. The van der Waals surface area contributed by atoms with E-state index in [-0.39, 0.29) is 5.78 Å². The van der Waals surface area contributed by atoms with Gasteiger partial charge in [-0.2, -0.15) is 0 Å². The topological polar surface area (TPSA) is 63.2 Å². The molecule has 0 bridgehead atoms. The number of thioether (sulfide) groups is 1. The summed E-state index contributed by atoms with van der Waals surface area (Å²) in [6, 6.07) is 7.14. The quantitative estimate of drug-likeness (QED) is 0.415. The Morgan fingerprint density at radius 3 is 2.43 bits per heavy atom. The molecule has 1 aliphatic heterocycles. The normalized spacial score (nSPS) is 12.8.